The molecule has 0 heterocycles. The quantitative estimate of drug-likeness (QED) is 0.694. The summed E-state index contributed by atoms with van der Waals surface area (Å²) in [6, 6.07) is 12.7. The standard InChI is InChI=1S/C23H28N2O4/c1-16(2)29-20-12-8-17(14-21(20)28-5)9-13-22(26)24-15-18-6-10-19(11-7-18)23(27)25(3)4/h6-14,16H,15H2,1-5H3,(H,24,26)/b13-9+. The molecule has 6 heteroatoms. The van der Waals surface area contributed by atoms with Gasteiger partial charge in [0.2, 0.25) is 5.91 Å². The normalized spacial score (nSPS) is 10.8. The van der Waals surface area contributed by atoms with E-state index < -0.39 is 0 Å². The molecule has 6 nitrogen and oxygen atoms in total. The maximum absolute atomic E-state index is 12.1. The molecule has 0 bridgehead atoms. The molecular formula is C23H28N2O4. The minimum atomic E-state index is -0.208. The van der Waals surface area contributed by atoms with Gasteiger partial charge in [0.25, 0.3) is 5.91 Å². The van der Waals surface area contributed by atoms with Crippen molar-refractivity contribution in [2.24, 2.45) is 0 Å². The van der Waals surface area contributed by atoms with Crippen LogP contribution >= 0.6 is 0 Å². The number of methoxy groups -OCH3 is 1. The number of hydrogen-bond donors (Lipinski definition) is 1. The van der Waals surface area contributed by atoms with Gasteiger partial charge in [0, 0.05) is 32.3 Å². The van der Waals surface area contributed by atoms with Crippen molar-refractivity contribution in [2.45, 2.75) is 26.5 Å². The van der Waals surface area contributed by atoms with Crippen molar-refractivity contribution in [2.75, 3.05) is 21.2 Å². The Labute approximate surface area is 172 Å². The van der Waals surface area contributed by atoms with E-state index in [2.05, 4.69) is 5.32 Å². The minimum Gasteiger partial charge on any atom is -0.493 e. The lowest BCUT2D eigenvalue weighted by Gasteiger charge is -2.13. The van der Waals surface area contributed by atoms with Crippen molar-refractivity contribution in [3.05, 3.63) is 65.2 Å². The van der Waals surface area contributed by atoms with Crippen molar-refractivity contribution < 1.29 is 19.1 Å². The molecule has 0 radical (unpaired) electrons. The minimum absolute atomic E-state index is 0.0473. The summed E-state index contributed by atoms with van der Waals surface area (Å²) in [6.07, 6.45) is 3.24. The molecule has 0 aliphatic heterocycles. The van der Waals surface area contributed by atoms with E-state index in [9.17, 15) is 9.59 Å². The number of carbonyl (C=O) groups excluding carboxylic acids is 2. The zero-order valence-corrected chi connectivity index (χ0v) is 17.6. The Kier molecular flexibility index (Phi) is 7.83. The van der Waals surface area contributed by atoms with E-state index in [4.69, 9.17) is 9.47 Å². The summed E-state index contributed by atoms with van der Waals surface area (Å²) in [4.78, 5) is 25.5. The Bertz CT molecular complexity index is 871. The molecule has 0 atom stereocenters. The van der Waals surface area contributed by atoms with Gasteiger partial charge in [-0.05, 0) is 55.3 Å². The Morgan fingerprint density at radius 3 is 2.34 bits per heavy atom. The van der Waals surface area contributed by atoms with E-state index in [1.807, 2.05) is 44.2 Å². The number of ether oxygens (including phenoxy) is 2. The summed E-state index contributed by atoms with van der Waals surface area (Å²) in [6.45, 7) is 4.28. The fourth-order valence-corrected chi connectivity index (χ4v) is 2.58. The first-order valence-corrected chi connectivity index (χ1v) is 9.41. The third-order valence-electron chi connectivity index (χ3n) is 4.05. The number of amides is 2. The number of nitrogens with zero attached hydrogens (tertiary/aromatic N) is 1. The summed E-state index contributed by atoms with van der Waals surface area (Å²) in [5, 5.41) is 2.83. The van der Waals surface area contributed by atoms with Gasteiger partial charge in [0.05, 0.1) is 13.2 Å². The van der Waals surface area contributed by atoms with Crippen molar-refractivity contribution in [3.8, 4) is 11.5 Å². The number of nitrogens with one attached hydrogen (secondary N) is 1. The maximum Gasteiger partial charge on any atom is 0.253 e. The zero-order chi connectivity index (χ0) is 21.4. The second kappa shape index (κ2) is 10.3. The maximum atomic E-state index is 12.1. The highest BCUT2D eigenvalue weighted by Gasteiger charge is 2.08. The fraction of sp³-hybridized carbons (Fsp3) is 0.304. The lowest BCUT2D eigenvalue weighted by molar-refractivity contribution is -0.116. The van der Waals surface area contributed by atoms with Gasteiger partial charge in [0.1, 0.15) is 0 Å². The van der Waals surface area contributed by atoms with Crippen LogP contribution in [-0.2, 0) is 11.3 Å². The first kappa shape index (κ1) is 22.0. The van der Waals surface area contributed by atoms with Crippen LogP contribution in [0.1, 0.15) is 35.3 Å². The van der Waals surface area contributed by atoms with Crippen LogP contribution in [-0.4, -0.2) is 44.0 Å². The third kappa shape index (κ3) is 6.68. The van der Waals surface area contributed by atoms with Gasteiger partial charge < -0.3 is 19.7 Å². The molecule has 2 aromatic rings. The molecule has 0 spiro atoms. The van der Waals surface area contributed by atoms with Gasteiger partial charge in [-0.25, -0.2) is 0 Å². The molecule has 29 heavy (non-hydrogen) atoms. The van der Waals surface area contributed by atoms with Crippen LogP contribution in [0.2, 0.25) is 0 Å². The van der Waals surface area contributed by atoms with Crippen LogP contribution in [0.15, 0.2) is 48.5 Å². The van der Waals surface area contributed by atoms with Gasteiger partial charge in [0.15, 0.2) is 11.5 Å². The fourth-order valence-electron chi connectivity index (χ4n) is 2.58. The number of rotatable bonds is 8. The number of carbonyl (C=O) groups is 2. The monoisotopic (exact) mass is 396 g/mol. The summed E-state index contributed by atoms with van der Waals surface area (Å²) in [5.74, 6) is 1.03. The van der Waals surface area contributed by atoms with Gasteiger partial charge >= 0.3 is 0 Å². The van der Waals surface area contributed by atoms with Gasteiger partial charge in [-0.15, -0.1) is 0 Å². The molecule has 2 rings (SSSR count). The molecule has 0 saturated carbocycles. The highest BCUT2D eigenvalue weighted by Crippen LogP contribution is 2.29. The summed E-state index contributed by atoms with van der Waals surface area (Å²) < 4.78 is 11.0. The number of hydrogen-bond acceptors (Lipinski definition) is 4. The molecule has 0 aliphatic carbocycles. The predicted molar refractivity (Wildman–Crippen MR) is 114 cm³/mol. The van der Waals surface area contributed by atoms with Crippen LogP contribution in [0.3, 0.4) is 0 Å². The van der Waals surface area contributed by atoms with Gasteiger partial charge in [-0.1, -0.05) is 18.2 Å². The zero-order valence-electron chi connectivity index (χ0n) is 17.6. The van der Waals surface area contributed by atoms with Crippen molar-refractivity contribution in [1.82, 2.24) is 10.2 Å². The summed E-state index contributed by atoms with van der Waals surface area (Å²) >= 11 is 0. The van der Waals surface area contributed by atoms with Crippen LogP contribution in [0, 0.1) is 0 Å². The predicted octanol–water partition coefficient (Wildman–Crippen LogP) is 3.51. The smallest absolute Gasteiger partial charge is 0.253 e. The second-order valence-electron chi connectivity index (χ2n) is 7.02. The largest absolute Gasteiger partial charge is 0.493 e. The van der Waals surface area contributed by atoms with E-state index >= 15 is 0 Å². The highest BCUT2D eigenvalue weighted by atomic mass is 16.5. The topological polar surface area (TPSA) is 67.9 Å². The molecule has 0 fully saturated rings. The van der Waals surface area contributed by atoms with Crippen molar-refractivity contribution in [1.29, 1.82) is 0 Å². The second-order valence-corrected chi connectivity index (χ2v) is 7.02. The number of benzene rings is 2. The summed E-state index contributed by atoms with van der Waals surface area (Å²) in [7, 11) is 5.01. The van der Waals surface area contributed by atoms with Gasteiger partial charge in [-0.3, -0.25) is 9.59 Å². The van der Waals surface area contributed by atoms with Crippen molar-refractivity contribution >= 4 is 17.9 Å². The first-order valence-electron chi connectivity index (χ1n) is 9.41. The molecule has 154 valence electrons. The van der Waals surface area contributed by atoms with E-state index in [0.29, 0.717) is 23.6 Å². The molecule has 1 N–H and O–H groups in total. The molecule has 0 aliphatic rings. The Hall–Kier alpha value is -3.28. The van der Waals surface area contributed by atoms with Crippen LogP contribution in [0.25, 0.3) is 6.08 Å². The molecular weight excluding hydrogens is 368 g/mol. The van der Waals surface area contributed by atoms with E-state index in [1.54, 1.807) is 39.4 Å². The Morgan fingerprint density at radius 1 is 1.07 bits per heavy atom. The summed E-state index contributed by atoms with van der Waals surface area (Å²) in [5.41, 5.74) is 2.36. The van der Waals surface area contributed by atoms with E-state index in [1.165, 1.54) is 11.0 Å². The Balaban J connectivity index is 1.93. The molecule has 2 amide bonds. The van der Waals surface area contributed by atoms with Crippen molar-refractivity contribution in [3.63, 3.8) is 0 Å². The van der Waals surface area contributed by atoms with E-state index in [-0.39, 0.29) is 17.9 Å². The van der Waals surface area contributed by atoms with Crippen LogP contribution < -0.4 is 14.8 Å². The molecule has 0 aromatic heterocycles. The average Bonchev–Trinajstić information content (AvgIpc) is 2.70. The van der Waals surface area contributed by atoms with Crippen LogP contribution in [0.4, 0.5) is 0 Å². The van der Waals surface area contributed by atoms with E-state index in [0.717, 1.165) is 11.1 Å². The lowest BCUT2D eigenvalue weighted by atomic mass is 10.1. The average molecular weight is 396 g/mol. The SMILES string of the molecule is COc1cc(/C=C/C(=O)NCc2ccc(C(=O)N(C)C)cc2)ccc1OC(C)C. The van der Waals surface area contributed by atoms with Crippen LogP contribution in [0.5, 0.6) is 11.5 Å². The molecule has 0 unspecified atom stereocenters. The molecule has 2 aromatic carbocycles. The van der Waals surface area contributed by atoms with Gasteiger partial charge in [-0.2, -0.15) is 0 Å². The highest BCUT2D eigenvalue weighted by molar-refractivity contribution is 5.94. The molecule has 0 saturated heterocycles. The lowest BCUT2D eigenvalue weighted by Crippen LogP contribution is -2.22. The third-order valence-corrected chi connectivity index (χ3v) is 4.05. The first-order chi connectivity index (χ1) is 13.8. The Morgan fingerprint density at radius 2 is 1.76 bits per heavy atom.